The van der Waals surface area contributed by atoms with Crippen LogP contribution in [-0.2, 0) is 9.53 Å². The molecule has 2 aromatic rings. The number of carbonyl (C=O) groups excluding carboxylic acids is 2. The van der Waals surface area contributed by atoms with Gasteiger partial charge in [0.15, 0.2) is 0 Å². The van der Waals surface area contributed by atoms with E-state index in [9.17, 15) is 9.59 Å². The molecule has 3 heterocycles. The molecule has 7 nitrogen and oxygen atoms in total. The third kappa shape index (κ3) is 3.70. The number of aromatic nitrogens is 2. The summed E-state index contributed by atoms with van der Waals surface area (Å²) in [5.74, 6) is 0.398. The molecule has 0 aromatic carbocycles. The normalized spacial score (nSPS) is 15.1. The fourth-order valence-corrected chi connectivity index (χ4v) is 3.45. The molecule has 1 fully saturated rings. The second-order valence-corrected chi connectivity index (χ2v) is 6.42. The summed E-state index contributed by atoms with van der Waals surface area (Å²) in [6.45, 7) is 1.54. The van der Waals surface area contributed by atoms with Crippen LogP contribution in [0.4, 0.5) is 10.8 Å². The third-order valence-electron chi connectivity index (χ3n) is 4.01. The number of anilines is 2. The molecular weight excluding hydrogens is 328 g/mol. The van der Waals surface area contributed by atoms with Crippen molar-refractivity contribution in [2.45, 2.75) is 12.8 Å². The first-order chi connectivity index (χ1) is 11.7. The molecule has 0 aliphatic carbocycles. The van der Waals surface area contributed by atoms with E-state index in [0.29, 0.717) is 10.6 Å². The first-order valence-electron chi connectivity index (χ1n) is 7.66. The second kappa shape index (κ2) is 7.39. The lowest BCUT2D eigenvalue weighted by atomic mass is 9.96. The van der Waals surface area contributed by atoms with E-state index in [1.54, 1.807) is 30.0 Å². The standard InChI is InChI=1S/C16H18N4O3S/c1-23-16(22)12-8-14(24-10-12)19-15(21)11-2-6-20(7-3-11)13-9-17-4-5-18-13/h4-5,8-11H,2-3,6-7H2,1H3,(H,19,21). The van der Waals surface area contributed by atoms with E-state index in [1.165, 1.54) is 18.4 Å². The number of hydrogen-bond donors (Lipinski definition) is 1. The molecule has 2 aromatic heterocycles. The van der Waals surface area contributed by atoms with Gasteiger partial charge in [0, 0.05) is 36.8 Å². The van der Waals surface area contributed by atoms with Crippen LogP contribution in [0, 0.1) is 5.92 Å². The zero-order valence-electron chi connectivity index (χ0n) is 13.3. The molecular formula is C16H18N4O3S. The minimum Gasteiger partial charge on any atom is -0.465 e. The summed E-state index contributed by atoms with van der Waals surface area (Å²) in [5, 5.41) is 5.23. The number of thiophene rings is 1. The van der Waals surface area contributed by atoms with Crippen LogP contribution in [0.2, 0.25) is 0 Å². The lowest BCUT2D eigenvalue weighted by molar-refractivity contribution is -0.120. The number of hydrogen-bond acceptors (Lipinski definition) is 7. The van der Waals surface area contributed by atoms with E-state index in [1.807, 2.05) is 0 Å². The number of carbonyl (C=O) groups is 2. The smallest absolute Gasteiger partial charge is 0.338 e. The minimum absolute atomic E-state index is 0.00735. The summed E-state index contributed by atoms with van der Waals surface area (Å²) in [6.07, 6.45) is 6.58. The zero-order valence-corrected chi connectivity index (χ0v) is 14.1. The highest BCUT2D eigenvalue weighted by molar-refractivity contribution is 7.14. The maximum atomic E-state index is 12.4. The molecule has 1 N–H and O–H groups in total. The van der Waals surface area contributed by atoms with Gasteiger partial charge in [-0.25, -0.2) is 9.78 Å². The van der Waals surface area contributed by atoms with Crippen LogP contribution in [0.1, 0.15) is 23.2 Å². The molecule has 126 valence electrons. The number of amides is 1. The van der Waals surface area contributed by atoms with Crippen LogP contribution < -0.4 is 10.2 Å². The Labute approximate surface area is 143 Å². The first kappa shape index (κ1) is 16.4. The maximum absolute atomic E-state index is 12.4. The molecule has 0 saturated carbocycles. The van der Waals surface area contributed by atoms with Crippen molar-refractivity contribution >= 4 is 34.0 Å². The summed E-state index contributed by atoms with van der Waals surface area (Å²) in [6, 6.07) is 1.64. The number of rotatable bonds is 4. The number of nitrogens with zero attached hydrogens (tertiary/aromatic N) is 3. The number of ether oxygens (including phenoxy) is 1. The number of methoxy groups -OCH3 is 1. The molecule has 3 rings (SSSR count). The monoisotopic (exact) mass is 346 g/mol. The van der Waals surface area contributed by atoms with Gasteiger partial charge in [0.25, 0.3) is 0 Å². The van der Waals surface area contributed by atoms with Crippen molar-refractivity contribution < 1.29 is 14.3 Å². The molecule has 0 spiro atoms. The van der Waals surface area contributed by atoms with E-state index in [2.05, 4.69) is 24.9 Å². The number of nitrogens with one attached hydrogen (secondary N) is 1. The minimum atomic E-state index is -0.399. The van der Waals surface area contributed by atoms with Crippen LogP contribution in [0.5, 0.6) is 0 Å². The van der Waals surface area contributed by atoms with E-state index in [0.717, 1.165) is 31.7 Å². The van der Waals surface area contributed by atoms with Gasteiger partial charge in [-0.3, -0.25) is 9.78 Å². The van der Waals surface area contributed by atoms with Gasteiger partial charge in [0.2, 0.25) is 5.91 Å². The Kier molecular flexibility index (Phi) is 5.05. The lowest BCUT2D eigenvalue weighted by Gasteiger charge is -2.31. The average Bonchev–Trinajstić information content (AvgIpc) is 3.10. The van der Waals surface area contributed by atoms with Crippen molar-refractivity contribution in [1.82, 2.24) is 9.97 Å². The molecule has 0 atom stereocenters. The summed E-state index contributed by atoms with van der Waals surface area (Å²) >= 11 is 1.32. The van der Waals surface area contributed by atoms with Gasteiger partial charge in [-0.1, -0.05) is 0 Å². The number of esters is 1. The fourth-order valence-electron chi connectivity index (χ4n) is 2.68. The summed E-state index contributed by atoms with van der Waals surface area (Å²) in [5.41, 5.74) is 0.454. The second-order valence-electron chi connectivity index (χ2n) is 5.51. The van der Waals surface area contributed by atoms with E-state index in [4.69, 9.17) is 0 Å². The average molecular weight is 346 g/mol. The van der Waals surface area contributed by atoms with Crippen molar-refractivity contribution in [3.63, 3.8) is 0 Å². The molecule has 0 bridgehead atoms. The van der Waals surface area contributed by atoms with E-state index < -0.39 is 5.97 Å². The van der Waals surface area contributed by atoms with Crippen molar-refractivity contribution in [1.29, 1.82) is 0 Å². The first-order valence-corrected chi connectivity index (χ1v) is 8.54. The van der Waals surface area contributed by atoms with Gasteiger partial charge in [-0.2, -0.15) is 0 Å². The summed E-state index contributed by atoms with van der Waals surface area (Å²) in [7, 11) is 1.34. The Morgan fingerprint density at radius 2 is 2.12 bits per heavy atom. The molecule has 1 aliphatic heterocycles. The van der Waals surface area contributed by atoms with Gasteiger partial charge in [-0.05, 0) is 18.9 Å². The summed E-state index contributed by atoms with van der Waals surface area (Å²) < 4.78 is 4.66. The van der Waals surface area contributed by atoms with Crippen molar-refractivity contribution in [2.24, 2.45) is 5.92 Å². The Balaban J connectivity index is 1.54. The molecule has 1 amide bonds. The molecule has 1 aliphatic rings. The quantitative estimate of drug-likeness (QED) is 0.854. The van der Waals surface area contributed by atoms with Gasteiger partial charge in [-0.15, -0.1) is 11.3 Å². The highest BCUT2D eigenvalue weighted by atomic mass is 32.1. The Hall–Kier alpha value is -2.48. The predicted octanol–water partition coefficient (Wildman–Crippen LogP) is 2.18. The molecule has 24 heavy (non-hydrogen) atoms. The zero-order chi connectivity index (χ0) is 16.9. The van der Waals surface area contributed by atoms with Crippen molar-refractivity contribution in [2.75, 3.05) is 30.4 Å². The molecule has 1 saturated heterocycles. The highest BCUT2D eigenvalue weighted by Gasteiger charge is 2.26. The maximum Gasteiger partial charge on any atom is 0.338 e. The van der Waals surface area contributed by atoms with Crippen LogP contribution in [-0.4, -0.2) is 42.0 Å². The van der Waals surface area contributed by atoms with E-state index in [-0.39, 0.29) is 11.8 Å². The third-order valence-corrected chi connectivity index (χ3v) is 4.85. The highest BCUT2D eigenvalue weighted by Crippen LogP contribution is 2.25. The van der Waals surface area contributed by atoms with Gasteiger partial charge in [0.1, 0.15) is 5.82 Å². The van der Waals surface area contributed by atoms with Crippen LogP contribution in [0.15, 0.2) is 30.0 Å². The van der Waals surface area contributed by atoms with Crippen LogP contribution >= 0.6 is 11.3 Å². The largest absolute Gasteiger partial charge is 0.465 e. The van der Waals surface area contributed by atoms with Gasteiger partial charge in [0.05, 0.1) is 23.9 Å². The SMILES string of the molecule is COC(=O)c1csc(NC(=O)C2CCN(c3cnccn3)CC2)c1. The van der Waals surface area contributed by atoms with E-state index >= 15 is 0 Å². The van der Waals surface area contributed by atoms with Crippen molar-refractivity contribution in [3.8, 4) is 0 Å². The Morgan fingerprint density at radius 3 is 2.79 bits per heavy atom. The molecule has 0 radical (unpaired) electrons. The Morgan fingerprint density at radius 1 is 1.33 bits per heavy atom. The van der Waals surface area contributed by atoms with Crippen molar-refractivity contribution in [3.05, 3.63) is 35.6 Å². The van der Waals surface area contributed by atoms with Gasteiger partial charge < -0.3 is 15.0 Å². The Bertz CT molecular complexity index is 711. The summed E-state index contributed by atoms with van der Waals surface area (Å²) in [4.78, 5) is 34.3. The van der Waals surface area contributed by atoms with Crippen LogP contribution in [0.25, 0.3) is 0 Å². The molecule has 8 heteroatoms. The lowest BCUT2D eigenvalue weighted by Crippen LogP contribution is -2.38. The molecule has 0 unspecified atom stereocenters. The fraction of sp³-hybridized carbons (Fsp3) is 0.375. The predicted molar refractivity (Wildman–Crippen MR) is 91.3 cm³/mol. The number of piperidine rings is 1. The van der Waals surface area contributed by atoms with Gasteiger partial charge >= 0.3 is 5.97 Å². The van der Waals surface area contributed by atoms with Crippen LogP contribution in [0.3, 0.4) is 0 Å². The topological polar surface area (TPSA) is 84.4 Å².